The predicted molar refractivity (Wildman–Crippen MR) is 61.6 cm³/mol. The Labute approximate surface area is 93.2 Å². The van der Waals surface area contributed by atoms with Crippen molar-refractivity contribution < 1.29 is 15.3 Å². The maximum absolute atomic E-state index is 9.77. The second kappa shape index (κ2) is 3.77. The predicted octanol–water partition coefficient (Wildman–Crippen LogP) is 2.78. The monoisotopic (exact) mass is 216 g/mol. The van der Waals surface area contributed by atoms with Gasteiger partial charge in [-0.05, 0) is 36.8 Å². The van der Waals surface area contributed by atoms with Crippen LogP contribution in [0.4, 0.5) is 0 Å². The first kappa shape index (κ1) is 10.4. The SMILES string of the molecule is Cc1c(O)ccc(O)c1-c1cccc(O)c1. The molecule has 0 saturated heterocycles. The Bertz CT molecular complexity index is 533. The number of benzene rings is 2. The van der Waals surface area contributed by atoms with Crippen LogP contribution in [0.25, 0.3) is 11.1 Å². The van der Waals surface area contributed by atoms with Crippen molar-refractivity contribution in [3.63, 3.8) is 0 Å². The molecule has 0 aromatic heterocycles. The lowest BCUT2D eigenvalue weighted by Gasteiger charge is -2.10. The van der Waals surface area contributed by atoms with E-state index in [2.05, 4.69) is 0 Å². The summed E-state index contributed by atoms with van der Waals surface area (Å²) in [6.07, 6.45) is 0. The fraction of sp³-hybridized carbons (Fsp3) is 0.0769. The van der Waals surface area contributed by atoms with E-state index < -0.39 is 0 Å². The molecule has 0 amide bonds. The largest absolute Gasteiger partial charge is 0.508 e. The third kappa shape index (κ3) is 1.67. The van der Waals surface area contributed by atoms with Gasteiger partial charge in [0, 0.05) is 11.1 Å². The minimum atomic E-state index is 0.0842. The molecule has 0 unspecified atom stereocenters. The molecule has 2 aromatic carbocycles. The molecule has 3 heteroatoms. The summed E-state index contributed by atoms with van der Waals surface area (Å²) in [6, 6.07) is 9.42. The van der Waals surface area contributed by atoms with Gasteiger partial charge in [-0.1, -0.05) is 12.1 Å². The molecule has 0 saturated carbocycles. The van der Waals surface area contributed by atoms with Crippen molar-refractivity contribution in [2.45, 2.75) is 6.92 Å². The van der Waals surface area contributed by atoms with Crippen LogP contribution in [0.3, 0.4) is 0 Å². The molecule has 3 N–H and O–H groups in total. The Kier molecular flexibility index (Phi) is 2.44. The number of hydrogen-bond acceptors (Lipinski definition) is 3. The van der Waals surface area contributed by atoms with Gasteiger partial charge in [-0.3, -0.25) is 0 Å². The summed E-state index contributed by atoms with van der Waals surface area (Å²) in [4.78, 5) is 0. The summed E-state index contributed by atoms with van der Waals surface area (Å²) in [6.45, 7) is 1.72. The highest BCUT2D eigenvalue weighted by molar-refractivity contribution is 5.76. The summed E-state index contributed by atoms with van der Waals surface area (Å²) < 4.78 is 0. The summed E-state index contributed by atoms with van der Waals surface area (Å²) in [5.41, 5.74) is 1.80. The van der Waals surface area contributed by atoms with Crippen molar-refractivity contribution >= 4 is 0 Å². The molecule has 0 aliphatic heterocycles. The molecule has 0 aliphatic carbocycles. The van der Waals surface area contributed by atoms with Crippen molar-refractivity contribution in [3.05, 3.63) is 42.0 Å². The zero-order chi connectivity index (χ0) is 11.7. The summed E-state index contributed by atoms with van der Waals surface area (Å²) in [5, 5.41) is 28.7. The van der Waals surface area contributed by atoms with Gasteiger partial charge in [-0.25, -0.2) is 0 Å². The maximum atomic E-state index is 9.77. The van der Waals surface area contributed by atoms with Crippen LogP contribution >= 0.6 is 0 Å². The third-order valence-corrected chi connectivity index (χ3v) is 2.55. The third-order valence-electron chi connectivity index (χ3n) is 2.55. The zero-order valence-electron chi connectivity index (χ0n) is 8.81. The number of phenolic OH excluding ortho intramolecular Hbond substituents is 3. The van der Waals surface area contributed by atoms with Crippen LogP contribution in [0.15, 0.2) is 36.4 Å². The van der Waals surface area contributed by atoms with E-state index in [1.807, 2.05) is 0 Å². The number of phenols is 3. The van der Waals surface area contributed by atoms with E-state index >= 15 is 0 Å². The second-order valence-electron chi connectivity index (χ2n) is 3.65. The van der Waals surface area contributed by atoms with E-state index in [0.717, 1.165) is 0 Å². The average Bonchev–Trinajstić information content (AvgIpc) is 2.24. The molecule has 0 atom stereocenters. The molecule has 0 fully saturated rings. The van der Waals surface area contributed by atoms with Gasteiger partial charge in [0.25, 0.3) is 0 Å². The van der Waals surface area contributed by atoms with Crippen molar-refractivity contribution in [1.29, 1.82) is 0 Å². The lowest BCUT2D eigenvalue weighted by molar-refractivity contribution is 0.458. The van der Waals surface area contributed by atoms with Crippen molar-refractivity contribution in [2.75, 3.05) is 0 Å². The molecular weight excluding hydrogens is 204 g/mol. The van der Waals surface area contributed by atoms with Crippen LogP contribution in [0.2, 0.25) is 0 Å². The molecule has 16 heavy (non-hydrogen) atoms. The number of aromatic hydroxyl groups is 3. The first-order valence-electron chi connectivity index (χ1n) is 4.90. The van der Waals surface area contributed by atoms with Crippen LogP contribution in [-0.4, -0.2) is 15.3 Å². The smallest absolute Gasteiger partial charge is 0.123 e. The van der Waals surface area contributed by atoms with E-state index in [-0.39, 0.29) is 17.2 Å². The minimum Gasteiger partial charge on any atom is -0.508 e. The van der Waals surface area contributed by atoms with Gasteiger partial charge in [-0.15, -0.1) is 0 Å². The van der Waals surface area contributed by atoms with Gasteiger partial charge < -0.3 is 15.3 Å². The molecule has 2 rings (SSSR count). The molecular formula is C13H12O3. The first-order chi connectivity index (χ1) is 7.59. The Balaban J connectivity index is 2.68. The molecule has 0 aliphatic rings. The first-order valence-corrected chi connectivity index (χ1v) is 4.90. The minimum absolute atomic E-state index is 0.0842. The topological polar surface area (TPSA) is 60.7 Å². The molecule has 3 nitrogen and oxygen atoms in total. The van der Waals surface area contributed by atoms with Crippen LogP contribution < -0.4 is 0 Å². The summed E-state index contributed by atoms with van der Waals surface area (Å²) in [5.74, 6) is 0.330. The van der Waals surface area contributed by atoms with Gasteiger partial charge in [0.1, 0.15) is 17.2 Å². The highest BCUT2D eigenvalue weighted by atomic mass is 16.3. The van der Waals surface area contributed by atoms with Gasteiger partial charge in [0.2, 0.25) is 0 Å². The lowest BCUT2D eigenvalue weighted by Crippen LogP contribution is -1.85. The molecule has 82 valence electrons. The van der Waals surface area contributed by atoms with Gasteiger partial charge in [-0.2, -0.15) is 0 Å². The van der Waals surface area contributed by atoms with E-state index in [1.165, 1.54) is 12.1 Å². The van der Waals surface area contributed by atoms with E-state index in [9.17, 15) is 15.3 Å². The summed E-state index contributed by atoms with van der Waals surface area (Å²) in [7, 11) is 0. The second-order valence-corrected chi connectivity index (χ2v) is 3.65. The fourth-order valence-corrected chi connectivity index (χ4v) is 1.71. The maximum Gasteiger partial charge on any atom is 0.123 e. The Morgan fingerprint density at radius 2 is 1.56 bits per heavy atom. The zero-order valence-corrected chi connectivity index (χ0v) is 8.81. The van der Waals surface area contributed by atoms with Gasteiger partial charge in [0.15, 0.2) is 0 Å². The van der Waals surface area contributed by atoms with E-state index in [1.54, 1.807) is 31.2 Å². The Morgan fingerprint density at radius 3 is 2.25 bits per heavy atom. The molecule has 0 bridgehead atoms. The highest BCUT2D eigenvalue weighted by Gasteiger charge is 2.11. The van der Waals surface area contributed by atoms with E-state index in [4.69, 9.17) is 0 Å². The average molecular weight is 216 g/mol. The lowest BCUT2D eigenvalue weighted by atomic mass is 9.98. The van der Waals surface area contributed by atoms with Crippen LogP contribution in [0.1, 0.15) is 5.56 Å². The van der Waals surface area contributed by atoms with Crippen molar-refractivity contribution in [3.8, 4) is 28.4 Å². The Morgan fingerprint density at radius 1 is 0.875 bits per heavy atom. The fourth-order valence-electron chi connectivity index (χ4n) is 1.71. The van der Waals surface area contributed by atoms with E-state index in [0.29, 0.717) is 16.7 Å². The van der Waals surface area contributed by atoms with Crippen molar-refractivity contribution in [1.82, 2.24) is 0 Å². The van der Waals surface area contributed by atoms with Gasteiger partial charge >= 0.3 is 0 Å². The highest BCUT2D eigenvalue weighted by Crippen LogP contribution is 2.37. The standard InChI is InChI=1S/C13H12O3/c1-8-11(15)5-6-12(16)13(8)9-3-2-4-10(14)7-9/h2-7,14-16H,1H3. The van der Waals surface area contributed by atoms with Crippen LogP contribution in [0, 0.1) is 6.92 Å². The van der Waals surface area contributed by atoms with Crippen LogP contribution in [-0.2, 0) is 0 Å². The number of hydrogen-bond donors (Lipinski definition) is 3. The van der Waals surface area contributed by atoms with Crippen molar-refractivity contribution in [2.24, 2.45) is 0 Å². The van der Waals surface area contributed by atoms with Gasteiger partial charge in [0.05, 0.1) is 0 Å². The molecule has 2 aromatic rings. The van der Waals surface area contributed by atoms with Crippen LogP contribution in [0.5, 0.6) is 17.2 Å². The molecule has 0 spiro atoms. The normalized spacial score (nSPS) is 10.3. The number of rotatable bonds is 1. The molecule has 0 heterocycles. The quantitative estimate of drug-likeness (QED) is 0.642. The Hall–Kier alpha value is -2.16. The molecule has 0 radical (unpaired) electrons. The summed E-state index contributed by atoms with van der Waals surface area (Å²) >= 11 is 0.